The molecule has 15 heavy (non-hydrogen) atoms. The van der Waals surface area contributed by atoms with E-state index in [1.165, 1.54) is 24.8 Å². The van der Waals surface area contributed by atoms with Crippen molar-refractivity contribution in [1.82, 2.24) is 0 Å². The summed E-state index contributed by atoms with van der Waals surface area (Å²) in [6, 6.07) is 7.57. The molecule has 0 aliphatic heterocycles. The Bertz CT molecular complexity index is 283. The lowest BCUT2D eigenvalue weighted by molar-refractivity contribution is 0.273. The summed E-state index contributed by atoms with van der Waals surface area (Å²) in [5.41, 5.74) is 1.79. The summed E-state index contributed by atoms with van der Waals surface area (Å²) in [4.78, 5) is 0. The number of rotatable bonds is 5. The predicted molar refractivity (Wildman–Crippen MR) is 65.1 cm³/mol. The largest absolute Gasteiger partial charge is 0.508 e. The van der Waals surface area contributed by atoms with Gasteiger partial charge in [-0.05, 0) is 36.0 Å². The maximum atomic E-state index is 9.18. The molecular weight excluding hydrogens is 184 g/mol. The van der Waals surface area contributed by atoms with Crippen LogP contribution in [0.15, 0.2) is 24.3 Å². The SMILES string of the molecule is CCC(C)(CC)CCc1ccc(O)cc1. The van der Waals surface area contributed by atoms with Crippen LogP contribution in [-0.2, 0) is 6.42 Å². The zero-order valence-corrected chi connectivity index (χ0v) is 10.1. The van der Waals surface area contributed by atoms with Crippen LogP contribution in [0.25, 0.3) is 0 Å². The van der Waals surface area contributed by atoms with Gasteiger partial charge in [0.15, 0.2) is 0 Å². The van der Waals surface area contributed by atoms with Crippen LogP contribution in [0.2, 0.25) is 0 Å². The first-order chi connectivity index (χ1) is 7.09. The van der Waals surface area contributed by atoms with Crippen molar-refractivity contribution in [2.24, 2.45) is 5.41 Å². The van der Waals surface area contributed by atoms with Crippen molar-refractivity contribution in [3.8, 4) is 5.75 Å². The van der Waals surface area contributed by atoms with Crippen LogP contribution in [0.4, 0.5) is 0 Å². The van der Waals surface area contributed by atoms with Gasteiger partial charge in [0.2, 0.25) is 0 Å². The summed E-state index contributed by atoms with van der Waals surface area (Å²) >= 11 is 0. The third kappa shape index (κ3) is 3.58. The molecule has 0 radical (unpaired) electrons. The number of benzene rings is 1. The van der Waals surface area contributed by atoms with Gasteiger partial charge in [0.05, 0.1) is 0 Å². The molecule has 0 aromatic heterocycles. The fourth-order valence-corrected chi connectivity index (χ4v) is 1.71. The minimum Gasteiger partial charge on any atom is -0.508 e. The van der Waals surface area contributed by atoms with Gasteiger partial charge >= 0.3 is 0 Å². The summed E-state index contributed by atoms with van der Waals surface area (Å²) in [5.74, 6) is 0.354. The molecule has 0 saturated heterocycles. The molecule has 0 bridgehead atoms. The van der Waals surface area contributed by atoms with Gasteiger partial charge in [0.1, 0.15) is 5.75 Å². The van der Waals surface area contributed by atoms with E-state index < -0.39 is 0 Å². The average molecular weight is 206 g/mol. The number of aryl methyl sites for hydroxylation is 1. The second-order valence-corrected chi connectivity index (χ2v) is 4.68. The highest BCUT2D eigenvalue weighted by Crippen LogP contribution is 2.31. The number of phenols is 1. The Hall–Kier alpha value is -0.980. The van der Waals surface area contributed by atoms with Crippen molar-refractivity contribution in [3.63, 3.8) is 0 Å². The molecule has 1 nitrogen and oxygen atoms in total. The minimum atomic E-state index is 0.354. The third-order valence-electron chi connectivity index (χ3n) is 3.66. The third-order valence-corrected chi connectivity index (χ3v) is 3.66. The monoisotopic (exact) mass is 206 g/mol. The van der Waals surface area contributed by atoms with Crippen LogP contribution in [0.1, 0.15) is 45.6 Å². The molecule has 0 atom stereocenters. The van der Waals surface area contributed by atoms with Crippen molar-refractivity contribution in [2.45, 2.75) is 46.5 Å². The number of hydrogen-bond acceptors (Lipinski definition) is 1. The van der Waals surface area contributed by atoms with E-state index in [-0.39, 0.29) is 0 Å². The molecular formula is C14H22O. The highest BCUT2D eigenvalue weighted by atomic mass is 16.3. The van der Waals surface area contributed by atoms with E-state index in [2.05, 4.69) is 20.8 Å². The minimum absolute atomic E-state index is 0.354. The van der Waals surface area contributed by atoms with Crippen LogP contribution in [0.5, 0.6) is 5.75 Å². The molecule has 1 N–H and O–H groups in total. The Morgan fingerprint density at radius 3 is 2.07 bits per heavy atom. The van der Waals surface area contributed by atoms with Gasteiger partial charge in [0.25, 0.3) is 0 Å². The Morgan fingerprint density at radius 1 is 1.07 bits per heavy atom. The van der Waals surface area contributed by atoms with Crippen molar-refractivity contribution < 1.29 is 5.11 Å². The molecule has 0 aliphatic carbocycles. The topological polar surface area (TPSA) is 20.2 Å². The van der Waals surface area contributed by atoms with Crippen LogP contribution >= 0.6 is 0 Å². The highest BCUT2D eigenvalue weighted by molar-refractivity contribution is 5.25. The summed E-state index contributed by atoms with van der Waals surface area (Å²) < 4.78 is 0. The first-order valence-corrected chi connectivity index (χ1v) is 5.87. The maximum Gasteiger partial charge on any atom is 0.115 e. The van der Waals surface area contributed by atoms with Crippen LogP contribution in [0.3, 0.4) is 0 Å². The van der Waals surface area contributed by atoms with E-state index >= 15 is 0 Å². The maximum absolute atomic E-state index is 9.18. The van der Waals surface area contributed by atoms with Gasteiger partial charge < -0.3 is 5.11 Å². The predicted octanol–water partition coefficient (Wildman–Crippen LogP) is 4.15. The average Bonchev–Trinajstić information content (AvgIpc) is 2.28. The molecule has 0 amide bonds. The van der Waals surface area contributed by atoms with Gasteiger partial charge in [-0.2, -0.15) is 0 Å². The Balaban J connectivity index is 2.53. The molecule has 0 aliphatic rings. The van der Waals surface area contributed by atoms with E-state index in [9.17, 15) is 5.11 Å². The van der Waals surface area contributed by atoms with Gasteiger partial charge in [-0.25, -0.2) is 0 Å². The van der Waals surface area contributed by atoms with Crippen molar-refractivity contribution in [2.75, 3.05) is 0 Å². The molecule has 0 unspecified atom stereocenters. The summed E-state index contributed by atoms with van der Waals surface area (Å²) in [6.45, 7) is 6.88. The van der Waals surface area contributed by atoms with Gasteiger partial charge in [-0.15, -0.1) is 0 Å². The van der Waals surface area contributed by atoms with E-state index in [1.807, 2.05) is 12.1 Å². The van der Waals surface area contributed by atoms with E-state index in [4.69, 9.17) is 0 Å². The molecule has 1 aromatic rings. The molecule has 0 spiro atoms. The van der Waals surface area contributed by atoms with Crippen molar-refractivity contribution >= 4 is 0 Å². The normalized spacial score (nSPS) is 11.7. The zero-order valence-electron chi connectivity index (χ0n) is 10.1. The number of hydrogen-bond donors (Lipinski definition) is 1. The van der Waals surface area contributed by atoms with Crippen molar-refractivity contribution in [3.05, 3.63) is 29.8 Å². The Labute approximate surface area is 93.1 Å². The molecule has 1 aromatic carbocycles. The quantitative estimate of drug-likeness (QED) is 0.767. The second-order valence-electron chi connectivity index (χ2n) is 4.68. The number of aromatic hydroxyl groups is 1. The fraction of sp³-hybridized carbons (Fsp3) is 0.571. The van der Waals surface area contributed by atoms with E-state index in [0.29, 0.717) is 11.2 Å². The fourth-order valence-electron chi connectivity index (χ4n) is 1.71. The van der Waals surface area contributed by atoms with E-state index in [0.717, 1.165) is 6.42 Å². The zero-order chi connectivity index (χ0) is 11.3. The van der Waals surface area contributed by atoms with Gasteiger partial charge in [-0.1, -0.05) is 45.7 Å². The number of phenolic OH excluding ortho intramolecular Hbond substituents is 1. The molecule has 0 heterocycles. The lowest BCUT2D eigenvalue weighted by Crippen LogP contribution is -2.14. The summed E-state index contributed by atoms with van der Waals surface area (Å²) in [7, 11) is 0. The molecule has 84 valence electrons. The second kappa shape index (κ2) is 5.20. The lowest BCUT2D eigenvalue weighted by Gasteiger charge is -2.26. The standard InChI is InChI=1S/C14H22O/c1-4-14(3,5-2)11-10-12-6-8-13(15)9-7-12/h6-9,15H,4-5,10-11H2,1-3H3. The van der Waals surface area contributed by atoms with Gasteiger partial charge in [-0.3, -0.25) is 0 Å². The smallest absolute Gasteiger partial charge is 0.115 e. The Kier molecular flexibility index (Phi) is 4.19. The summed E-state index contributed by atoms with van der Waals surface area (Å²) in [6.07, 6.45) is 4.81. The molecule has 1 heteroatoms. The van der Waals surface area contributed by atoms with Crippen LogP contribution in [0, 0.1) is 5.41 Å². The van der Waals surface area contributed by atoms with E-state index in [1.54, 1.807) is 12.1 Å². The lowest BCUT2D eigenvalue weighted by atomic mass is 9.79. The van der Waals surface area contributed by atoms with Crippen LogP contribution < -0.4 is 0 Å². The van der Waals surface area contributed by atoms with Gasteiger partial charge in [0, 0.05) is 0 Å². The first-order valence-electron chi connectivity index (χ1n) is 5.87. The summed E-state index contributed by atoms with van der Waals surface area (Å²) in [5, 5.41) is 9.18. The molecule has 1 rings (SSSR count). The highest BCUT2D eigenvalue weighted by Gasteiger charge is 2.18. The molecule has 0 fully saturated rings. The van der Waals surface area contributed by atoms with Crippen molar-refractivity contribution in [1.29, 1.82) is 0 Å². The molecule has 0 saturated carbocycles. The van der Waals surface area contributed by atoms with Crippen LogP contribution in [-0.4, -0.2) is 5.11 Å². The first kappa shape index (κ1) is 12.1. The Morgan fingerprint density at radius 2 is 1.60 bits per heavy atom.